The molecule has 0 aliphatic rings. The van der Waals surface area contributed by atoms with Gasteiger partial charge in [-0.1, -0.05) is 53.6 Å². The van der Waals surface area contributed by atoms with Crippen LogP contribution in [-0.4, -0.2) is 12.1 Å². The maximum atomic E-state index is 6.21. The molecule has 2 aromatic carbocycles. The van der Waals surface area contributed by atoms with E-state index in [0.717, 1.165) is 5.56 Å². The first-order valence-electron chi connectivity index (χ1n) is 6.06. The number of thiocarbonyl (C=S) groups is 1. The van der Waals surface area contributed by atoms with Crippen LogP contribution in [0.25, 0.3) is 0 Å². The number of benzene rings is 2. The summed E-state index contributed by atoms with van der Waals surface area (Å²) in [5.74, 6) is 0.899. The highest BCUT2D eigenvalue weighted by Gasteiger charge is 2.14. The first-order valence-corrected chi connectivity index (χ1v) is 7.23. The van der Waals surface area contributed by atoms with E-state index in [9.17, 15) is 0 Å². The summed E-state index contributed by atoms with van der Waals surface area (Å²) in [5.41, 5.74) is 7.08. The molecule has 2 N–H and O–H groups in total. The fraction of sp³-hybridized carbons (Fsp3) is 0.133. The van der Waals surface area contributed by atoms with Gasteiger partial charge in [-0.25, -0.2) is 0 Å². The lowest BCUT2D eigenvalue weighted by Crippen LogP contribution is -2.10. The third kappa shape index (κ3) is 3.79. The molecule has 2 rings (SSSR count). The fourth-order valence-corrected chi connectivity index (χ4v) is 2.34. The highest BCUT2D eigenvalue weighted by Crippen LogP contribution is 2.37. The minimum atomic E-state index is 0.243. The molecule has 0 saturated carbocycles. The monoisotopic (exact) mass is 341 g/mol. The Hall–Kier alpha value is -1.49. The first-order chi connectivity index (χ1) is 10.0. The second-order valence-corrected chi connectivity index (χ2v) is 5.49. The van der Waals surface area contributed by atoms with Gasteiger partial charge in [0.2, 0.25) is 0 Å². The Kier molecular flexibility index (Phi) is 5.28. The van der Waals surface area contributed by atoms with Crippen molar-refractivity contribution in [3.63, 3.8) is 0 Å². The third-order valence-electron chi connectivity index (χ3n) is 2.84. The van der Waals surface area contributed by atoms with Crippen LogP contribution in [-0.2, 0) is 6.61 Å². The molecule has 2 aromatic rings. The summed E-state index contributed by atoms with van der Waals surface area (Å²) in [6.45, 7) is 0.280. The van der Waals surface area contributed by atoms with E-state index in [-0.39, 0.29) is 11.6 Å². The second-order valence-electron chi connectivity index (χ2n) is 4.23. The van der Waals surface area contributed by atoms with E-state index >= 15 is 0 Å². The number of halogens is 2. The molecule has 0 aliphatic heterocycles. The number of nitrogens with two attached hydrogens (primary N) is 1. The van der Waals surface area contributed by atoms with Crippen molar-refractivity contribution in [1.29, 1.82) is 0 Å². The molecular weight excluding hydrogens is 329 g/mol. The van der Waals surface area contributed by atoms with Gasteiger partial charge in [0.15, 0.2) is 11.5 Å². The van der Waals surface area contributed by atoms with E-state index in [4.69, 9.17) is 50.6 Å². The van der Waals surface area contributed by atoms with Crippen LogP contribution >= 0.6 is 35.4 Å². The standard InChI is InChI=1S/C15H13Cl2NO2S/c1-19-13-7-10(15(18)21)6-12(17)14(13)20-8-9-4-2-3-5-11(9)16/h2-7H,8H2,1H3,(H2,18,21). The highest BCUT2D eigenvalue weighted by atomic mass is 35.5. The molecule has 0 saturated heterocycles. The summed E-state index contributed by atoms with van der Waals surface area (Å²) < 4.78 is 11.0. The molecule has 0 atom stereocenters. The summed E-state index contributed by atoms with van der Waals surface area (Å²) in [4.78, 5) is 0.243. The van der Waals surface area contributed by atoms with Crippen LogP contribution in [0, 0.1) is 0 Å². The normalized spacial score (nSPS) is 10.2. The Balaban J connectivity index is 2.28. The number of ether oxygens (including phenoxy) is 2. The second kappa shape index (κ2) is 6.98. The molecule has 0 fully saturated rings. The van der Waals surface area contributed by atoms with E-state index in [0.29, 0.717) is 27.1 Å². The molecular formula is C15H13Cl2NO2S. The minimum Gasteiger partial charge on any atom is -0.493 e. The van der Waals surface area contributed by atoms with Gasteiger partial charge in [0, 0.05) is 16.1 Å². The highest BCUT2D eigenvalue weighted by molar-refractivity contribution is 7.80. The first kappa shape index (κ1) is 15.9. The van der Waals surface area contributed by atoms with Crippen molar-refractivity contribution in [1.82, 2.24) is 0 Å². The Labute approximate surface area is 138 Å². The Morgan fingerprint density at radius 1 is 1.19 bits per heavy atom. The van der Waals surface area contributed by atoms with Gasteiger partial charge in [-0.2, -0.15) is 0 Å². The van der Waals surface area contributed by atoms with Crippen molar-refractivity contribution in [3.8, 4) is 11.5 Å². The van der Waals surface area contributed by atoms with Crippen molar-refractivity contribution >= 4 is 40.4 Å². The van der Waals surface area contributed by atoms with E-state index in [2.05, 4.69) is 0 Å². The van der Waals surface area contributed by atoms with E-state index in [1.807, 2.05) is 18.2 Å². The fourth-order valence-electron chi connectivity index (χ4n) is 1.77. The SMILES string of the molecule is COc1cc(C(N)=S)cc(Cl)c1OCc1ccccc1Cl. The molecule has 110 valence electrons. The number of rotatable bonds is 5. The predicted octanol–water partition coefficient (Wildman–Crippen LogP) is 4.22. The van der Waals surface area contributed by atoms with Gasteiger partial charge < -0.3 is 15.2 Å². The van der Waals surface area contributed by atoms with Crippen molar-refractivity contribution in [2.75, 3.05) is 7.11 Å². The van der Waals surface area contributed by atoms with Crippen molar-refractivity contribution < 1.29 is 9.47 Å². The Morgan fingerprint density at radius 2 is 1.90 bits per heavy atom. The van der Waals surface area contributed by atoms with E-state index in [1.165, 1.54) is 7.11 Å². The van der Waals surface area contributed by atoms with Crippen LogP contribution < -0.4 is 15.2 Å². The molecule has 0 aromatic heterocycles. The summed E-state index contributed by atoms with van der Waals surface area (Å²) in [6.07, 6.45) is 0. The zero-order valence-electron chi connectivity index (χ0n) is 11.2. The van der Waals surface area contributed by atoms with Crippen molar-refractivity contribution in [2.45, 2.75) is 6.61 Å². The molecule has 0 radical (unpaired) electrons. The van der Waals surface area contributed by atoms with Gasteiger partial charge in [0.25, 0.3) is 0 Å². The summed E-state index contributed by atoms with van der Waals surface area (Å²) >= 11 is 17.2. The van der Waals surface area contributed by atoms with Gasteiger partial charge in [-0.3, -0.25) is 0 Å². The van der Waals surface area contributed by atoms with Crippen molar-refractivity contribution in [2.24, 2.45) is 5.73 Å². The lowest BCUT2D eigenvalue weighted by Gasteiger charge is -2.14. The molecule has 0 unspecified atom stereocenters. The molecule has 0 heterocycles. The van der Waals surface area contributed by atoms with Gasteiger partial charge in [0.05, 0.1) is 12.1 Å². The average molecular weight is 342 g/mol. The lowest BCUT2D eigenvalue weighted by atomic mass is 10.2. The van der Waals surface area contributed by atoms with E-state index in [1.54, 1.807) is 18.2 Å². The van der Waals surface area contributed by atoms with Gasteiger partial charge in [-0.05, 0) is 18.2 Å². The largest absolute Gasteiger partial charge is 0.493 e. The number of hydrogen-bond acceptors (Lipinski definition) is 3. The van der Waals surface area contributed by atoms with Crippen LogP contribution in [0.4, 0.5) is 0 Å². The Morgan fingerprint density at radius 3 is 2.52 bits per heavy atom. The summed E-state index contributed by atoms with van der Waals surface area (Å²) in [6, 6.07) is 10.8. The summed E-state index contributed by atoms with van der Waals surface area (Å²) in [7, 11) is 1.53. The molecule has 3 nitrogen and oxygen atoms in total. The van der Waals surface area contributed by atoms with Crippen LogP contribution in [0.2, 0.25) is 10.0 Å². The predicted molar refractivity (Wildman–Crippen MR) is 89.7 cm³/mol. The molecule has 0 aliphatic carbocycles. The van der Waals surface area contributed by atoms with Crippen LogP contribution in [0.15, 0.2) is 36.4 Å². The van der Waals surface area contributed by atoms with E-state index < -0.39 is 0 Å². The zero-order valence-corrected chi connectivity index (χ0v) is 13.6. The maximum Gasteiger partial charge on any atom is 0.180 e. The van der Waals surface area contributed by atoms with Gasteiger partial charge in [0.1, 0.15) is 11.6 Å². The number of methoxy groups -OCH3 is 1. The van der Waals surface area contributed by atoms with Gasteiger partial charge >= 0.3 is 0 Å². The smallest absolute Gasteiger partial charge is 0.180 e. The minimum absolute atomic E-state index is 0.243. The zero-order chi connectivity index (χ0) is 15.4. The van der Waals surface area contributed by atoms with Crippen LogP contribution in [0.3, 0.4) is 0 Å². The molecule has 0 amide bonds. The summed E-state index contributed by atoms with van der Waals surface area (Å²) in [5, 5.41) is 1.01. The van der Waals surface area contributed by atoms with Crippen LogP contribution in [0.1, 0.15) is 11.1 Å². The molecule has 0 spiro atoms. The topological polar surface area (TPSA) is 44.5 Å². The Bertz CT molecular complexity index is 677. The van der Waals surface area contributed by atoms with Crippen molar-refractivity contribution in [3.05, 3.63) is 57.6 Å². The molecule has 0 bridgehead atoms. The quantitative estimate of drug-likeness (QED) is 0.827. The molecule has 21 heavy (non-hydrogen) atoms. The molecule has 6 heteroatoms. The maximum absolute atomic E-state index is 6.21. The lowest BCUT2D eigenvalue weighted by molar-refractivity contribution is 0.285. The van der Waals surface area contributed by atoms with Gasteiger partial charge in [-0.15, -0.1) is 0 Å². The van der Waals surface area contributed by atoms with Crippen LogP contribution in [0.5, 0.6) is 11.5 Å². The number of hydrogen-bond donors (Lipinski definition) is 1. The third-order valence-corrected chi connectivity index (χ3v) is 3.73. The average Bonchev–Trinajstić information content (AvgIpc) is 2.46.